The average molecular weight is 295 g/mol. The predicted octanol–water partition coefficient (Wildman–Crippen LogP) is 2.73. The summed E-state index contributed by atoms with van der Waals surface area (Å²) >= 11 is 0. The molecule has 0 saturated heterocycles. The van der Waals surface area contributed by atoms with Crippen molar-refractivity contribution < 1.29 is 8.42 Å². The minimum absolute atomic E-state index is 0.0831. The van der Waals surface area contributed by atoms with Crippen LogP contribution in [0.3, 0.4) is 0 Å². The zero-order valence-electron chi connectivity index (χ0n) is 12.8. The molecule has 0 bridgehead atoms. The fourth-order valence-electron chi connectivity index (χ4n) is 3.26. The molecule has 2 unspecified atom stereocenters. The first-order valence-electron chi connectivity index (χ1n) is 7.16. The van der Waals surface area contributed by atoms with E-state index in [1.54, 1.807) is 0 Å². The second-order valence-electron chi connectivity index (χ2n) is 6.89. The second-order valence-corrected chi connectivity index (χ2v) is 9.11. The molecule has 1 aliphatic carbocycles. The first-order valence-corrected chi connectivity index (χ1v) is 8.88. The normalized spacial score (nSPS) is 25.9. The minimum Gasteiger partial charge on any atom is -0.326 e. The van der Waals surface area contributed by atoms with Gasteiger partial charge in [-0.15, -0.1) is 0 Å². The minimum atomic E-state index is -3.19. The lowest BCUT2D eigenvalue weighted by Gasteiger charge is -2.26. The van der Waals surface area contributed by atoms with E-state index in [0.29, 0.717) is 6.42 Å². The molecular formula is C16H25NO2S. The Labute approximate surface area is 122 Å². The Hall–Kier alpha value is -0.870. The van der Waals surface area contributed by atoms with Crippen LogP contribution in [0.2, 0.25) is 0 Å². The van der Waals surface area contributed by atoms with Gasteiger partial charge in [-0.05, 0) is 37.7 Å². The predicted molar refractivity (Wildman–Crippen MR) is 83.3 cm³/mol. The van der Waals surface area contributed by atoms with E-state index in [9.17, 15) is 8.42 Å². The third kappa shape index (κ3) is 3.07. The van der Waals surface area contributed by atoms with Crippen molar-refractivity contribution in [2.45, 2.75) is 57.6 Å². The molecule has 3 nitrogen and oxygen atoms in total. The van der Waals surface area contributed by atoms with Crippen molar-refractivity contribution >= 4 is 9.84 Å². The van der Waals surface area contributed by atoms with Gasteiger partial charge in [-0.25, -0.2) is 8.42 Å². The van der Waals surface area contributed by atoms with E-state index in [-0.39, 0.29) is 17.2 Å². The Morgan fingerprint density at radius 3 is 2.20 bits per heavy atom. The molecule has 4 heteroatoms. The molecule has 0 heterocycles. The summed E-state index contributed by atoms with van der Waals surface area (Å²) in [5.41, 5.74) is 9.17. The van der Waals surface area contributed by atoms with E-state index in [4.69, 9.17) is 5.73 Å². The van der Waals surface area contributed by atoms with Crippen LogP contribution in [0.4, 0.5) is 0 Å². The number of aryl methyl sites for hydroxylation is 2. The summed E-state index contributed by atoms with van der Waals surface area (Å²) in [6.45, 7) is 8.11. The van der Waals surface area contributed by atoms with Crippen LogP contribution in [0, 0.1) is 19.3 Å². The maximum atomic E-state index is 12.6. The van der Waals surface area contributed by atoms with Gasteiger partial charge in [-0.3, -0.25) is 0 Å². The molecule has 20 heavy (non-hydrogen) atoms. The Morgan fingerprint density at radius 2 is 1.75 bits per heavy atom. The lowest BCUT2D eigenvalue weighted by molar-refractivity contribution is 0.332. The van der Waals surface area contributed by atoms with Crippen molar-refractivity contribution in [2.24, 2.45) is 11.1 Å². The third-order valence-electron chi connectivity index (χ3n) is 4.49. The maximum absolute atomic E-state index is 12.6. The van der Waals surface area contributed by atoms with Crippen LogP contribution in [0.25, 0.3) is 0 Å². The zero-order chi connectivity index (χ0) is 15.1. The van der Waals surface area contributed by atoms with E-state index >= 15 is 0 Å². The SMILES string of the molecule is Cc1cc(C)cc(CS(=O)(=O)C2CCC(C)(C)C2N)c1. The van der Waals surface area contributed by atoms with Gasteiger partial charge in [-0.1, -0.05) is 43.2 Å². The van der Waals surface area contributed by atoms with Gasteiger partial charge in [0, 0.05) is 6.04 Å². The van der Waals surface area contributed by atoms with Gasteiger partial charge in [0.05, 0.1) is 11.0 Å². The smallest absolute Gasteiger partial charge is 0.158 e. The van der Waals surface area contributed by atoms with Gasteiger partial charge in [-0.2, -0.15) is 0 Å². The highest BCUT2D eigenvalue weighted by Crippen LogP contribution is 2.40. The van der Waals surface area contributed by atoms with Crippen molar-refractivity contribution in [1.82, 2.24) is 0 Å². The van der Waals surface area contributed by atoms with Crippen LogP contribution in [-0.4, -0.2) is 19.7 Å². The van der Waals surface area contributed by atoms with Crippen LogP contribution in [0.15, 0.2) is 18.2 Å². The Balaban J connectivity index is 2.24. The van der Waals surface area contributed by atoms with Gasteiger partial charge in [0.2, 0.25) is 0 Å². The Kier molecular flexibility index (Phi) is 4.00. The number of nitrogens with two attached hydrogens (primary N) is 1. The summed E-state index contributed by atoms with van der Waals surface area (Å²) in [5, 5.41) is -0.404. The lowest BCUT2D eigenvalue weighted by atomic mass is 9.88. The summed E-state index contributed by atoms with van der Waals surface area (Å²) in [5.74, 6) is 0.101. The average Bonchev–Trinajstić information content (AvgIpc) is 2.52. The Bertz CT molecular complexity index is 585. The zero-order valence-corrected chi connectivity index (χ0v) is 13.6. The van der Waals surface area contributed by atoms with E-state index in [1.807, 2.05) is 26.0 Å². The molecule has 2 rings (SSSR count). The van der Waals surface area contributed by atoms with Crippen molar-refractivity contribution in [3.63, 3.8) is 0 Å². The first kappa shape index (κ1) is 15.5. The molecule has 2 atom stereocenters. The molecule has 0 aromatic heterocycles. The molecule has 0 amide bonds. The van der Waals surface area contributed by atoms with Gasteiger partial charge < -0.3 is 5.73 Å². The number of sulfone groups is 1. The quantitative estimate of drug-likeness (QED) is 0.932. The summed E-state index contributed by atoms with van der Waals surface area (Å²) in [6, 6.07) is 5.70. The number of benzene rings is 1. The van der Waals surface area contributed by atoms with Crippen LogP contribution in [0.1, 0.15) is 43.4 Å². The topological polar surface area (TPSA) is 60.2 Å². The van der Waals surface area contributed by atoms with Crippen molar-refractivity contribution in [3.05, 3.63) is 34.9 Å². The molecule has 112 valence electrons. The summed E-state index contributed by atoms with van der Waals surface area (Å²) < 4.78 is 25.3. The van der Waals surface area contributed by atoms with E-state index in [2.05, 4.69) is 19.9 Å². The summed E-state index contributed by atoms with van der Waals surface area (Å²) in [7, 11) is -3.19. The standard InChI is InChI=1S/C16H25NO2S/c1-11-7-12(2)9-13(8-11)10-20(18,19)14-5-6-16(3,4)15(14)17/h7-9,14-15H,5-6,10,17H2,1-4H3. The second kappa shape index (κ2) is 5.15. The molecule has 0 spiro atoms. The molecule has 1 fully saturated rings. The molecule has 1 aromatic rings. The number of rotatable bonds is 3. The van der Waals surface area contributed by atoms with Gasteiger partial charge in [0.25, 0.3) is 0 Å². The van der Waals surface area contributed by atoms with Crippen LogP contribution < -0.4 is 5.73 Å². The first-order chi connectivity index (χ1) is 9.12. The van der Waals surface area contributed by atoms with Crippen molar-refractivity contribution in [1.29, 1.82) is 0 Å². The van der Waals surface area contributed by atoms with Crippen LogP contribution >= 0.6 is 0 Å². The van der Waals surface area contributed by atoms with Crippen molar-refractivity contribution in [3.8, 4) is 0 Å². The Morgan fingerprint density at radius 1 is 1.20 bits per heavy atom. The highest BCUT2D eigenvalue weighted by Gasteiger charge is 2.45. The maximum Gasteiger partial charge on any atom is 0.158 e. The van der Waals surface area contributed by atoms with E-state index < -0.39 is 15.1 Å². The molecule has 0 radical (unpaired) electrons. The summed E-state index contributed by atoms with van der Waals surface area (Å²) in [4.78, 5) is 0. The van der Waals surface area contributed by atoms with Crippen LogP contribution in [0.5, 0.6) is 0 Å². The fraction of sp³-hybridized carbons (Fsp3) is 0.625. The third-order valence-corrected chi connectivity index (χ3v) is 6.67. The highest BCUT2D eigenvalue weighted by atomic mass is 32.2. The molecule has 1 aromatic carbocycles. The van der Waals surface area contributed by atoms with Crippen LogP contribution in [-0.2, 0) is 15.6 Å². The lowest BCUT2D eigenvalue weighted by Crippen LogP contribution is -2.43. The summed E-state index contributed by atoms with van der Waals surface area (Å²) in [6.07, 6.45) is 1.56. The molecule has 0 aliphatic heterocycles. The van der Waals surface area contributed by atoms with Gasteiger partial charge in [0.15, 0.2) is 9.84 Å². The number of hydrogen-bond donors (Lipinski definition) is 1. The molecule has 1 saturated carbocycles. The van der Waals surface area contributed by atoms with Crippen molar-refractivity contribution in [2.75, 3.05) is 0 Å². The molecular weight excluding hydrogens is 270 g/mol. The monoisotopic (exact) mass is 295 g/mol. The largest absolute Gasteiger partial charge is 0.326 e. The fourth-order valence-corrected chi connectivity index (χ4v) is 5.40. The highest BCUT2D eigenvalue weighted by molar-refractivity contribution is 7.91. The molecule has 1 aliphatic rings. The van der Waals surface area contributed by atoms with E-state index in [0.717, 1.165) is 23.1 Å². The van der Waals surface area contributed by atoms with Gasteiger partial charge in [0.1, 0.15) is 0 Å². The van der Waals surface area contributed by atoms with Gasteiger partial charge >= 0.3 is 0 Å². The van der Waals surface area contributed by atoms with E-state index in [1.165, 1.54) is 0 Å². The molecule has 2 N–H and O–H groups in total. The number of hydrogen-bond acceptors (Lipinski definition) is 3.